The summed E-state index contributed by atoms with van der Waals surface area (Å²) >= 11 is 0. The van der Waals surface area contributed by atoms with E-state index in [0.717, 1.165) is 22.6 Å². The zero-order valence-corrected chi connectivity index (χ0v) is 13.6. The lowest BCUT2D eigenvalue weighted by molar-refractivity contribution is 0.0947. The number of fused-ring (bicyclic) bond motifs is 1. The monoisotopic (exact) mass is 308 g/mol. The number of rotatable bonds is 4. The van der Waals surface area contributed by atoms with E-state index in [2.05, 4.69) is 29.2 Å². The lowest BCUT2D eigenvalue weighted by Gasteiger charge is -2.10. The summed E-state index contributed by atoms with van der Waals surface area (Å²) in [4.78, 5) is 16.7. The number of aromatic nitrogens is 3. The number of carbonyl (C=O) groups excluding carboxylic acids is 1. The first kappa shape index (κ1) is 15.2. The molecule has 0 unspecified atom stereocenters. The van der Waals surface area contributed by atoms with E-state index < -0.39 is 0 Å². The highest BCUT2D eigenvalue weighted by molar-refractivity contribution is 5.95. The second-order valence-corrected chi connectivity index (χ2v) is 6.03. The third-order valence-corrected chi connectivity index (χ3v) is 3.71. The van der Waals surface area contributed by atoms with E-state index in [1.165, 1.54) is 0 Å². The summed E-state index contributed by atoms with van der Waals surface area (Å²) in [7, 11) is 0. The highest BCUT2D eigenvalue weighted by Crippen LogP contribution is 2.20. The minimum atomic E-state index is -0.109. The van der Waals surface area contributed by atoms with Gasteiger partial charge in [0.05, 0.1) is 17.0 Å². The van der Waals surface area contributed by atoms with Gasteiger partial charge in [0.15, 0.2) is 5.65 Å². The van der Waals surface area contributed by atoms with Gasteiger partial charge in [-0.3, -0.25) is 4.79 Å². The van der Waals surface area contributed by atoms with Crippen LogP contribution in [0.1, 0.15) is 29.9 Å². The van der Waals surface area contributed by atoms with Gasteiger partial charge in [-0.15, -0.1) is 0 Å². The van der Waals surface area contributed by atoms with Gasteiger partial charge in [0.1, 0.15) is 0 Å². The van der Waals surface area contributed by atoms with Gasteiger partial charge < -0.3 is 5.32 Å². The van der Waals surface area contributed by atoms with Crippen LogP contribution in [-0.2, 0) is 0 Å². The summed E-state index contributed by atoms with van der Waals surface area (Å²) < 4.78 is 1.73. The number of benzene rings is 1. The van der Waals surface area contributed by atoms with Crippen molar-refractivity contribution in [2.24, 2.45) is 5.92 Å². The van der Waals surface area contributed by atoms with Crippen LogP contribution in [0.5, 0.6) is 0 Å². The van der Waals surface area contributed by atoms with Crippen LogP contribution < -0.4 is 5.32 Å². The summed E-state index contributed by atoms with van der Waals surface area (Å²) in [6.07, 6.45) is 1.62. The van der Waals surface area contributed by atoms with Crippen LogP contribution >= 0.6 is 0 Å². The maximum absolute atomic E-state index is 12.3. The second-order valence-electron chi connectivity index (χ2n) is 6.03. The second kappa shape index (κ2) is 6.20. The minimum absolute atomic E-state index is 0.109. The molecule has 0 aliphatic heterocycles. The summed E-state index contributed by atoms with van der Waals surface area (Å²) in [5.74, 6) is 0.299. The molecule has 2 heterocycles. The van der Waals surface area contributed by atoms with E-state index in [1.54, 1.807) is 10.7 Å². The molecule has 0 bridgehead atoms. The van der Waals surface area contributed by atoms with Crippen molar-refractivity contribution in [3.63, 3.8) is 0 Å². The SMILES string of the molecule is Cc1c(C(=O)NCC(C)C)cnc2cc(-c3ccccc3)nn12. The first-order valence-electron chi connectivity index (χ1n) is 7.75. The maximum Gasteiger partial charge on any atom is 0.254 e. The van der Waals surface area contributed by atoms with Crippen molar-refractivity contribution in [2.45, 2.75) is 20.8 Å². The molecule has 3 rings (SSSR count). The molecule has 0 aliphatic rings. The molecule has 0 atom stereocenters. The highest BCUT2D eigenvalue weighted by atomic mass is 16.1. The molecule has 0 saturated carbocycles. The van der Waals surface area contributed by atoms with Crippen LogP contribution in [0.3, 0.4) is 0 Å². The Balaban J connectivity index is 1.98. The standard InChI is InChI=1S/C18H20N4O/c1-12(2)10-20-18(23)15-11-19-17-9-16(21-22(17)13(15)3)14-7-5-4-6-8-14/h4-9,11-12H,10H2,1-3H3,(H,20,23). The van der Waals surface area contributed by atoms with Gasteiger partial charge in [-0.1, -0.05) is 44.2 Å². The molecule has 23 heavy (non-hydrogen) atoms. The largest absolute Gasteiger partial charge is 0.352 e. The van der Waals surface area contributed by atoms with Crippen molar-refractivity contribution in [1.29, 1.82) is 0 Å². The Morgan fingerprint density at radius 3 is 2.70 bits per heavy atom. The van der Waals surface area contributed by atoms with Crippen molar-refractivity contribution in [3.8, 4) is 11.3 Å². The summed E-state index contributed by atoms with van der Waals surface area (Å²) in [5, 5.41) is 7.52. The van der Waals surface area contributed by atoms with Gasteiger partial charge in [0, 0.05) is 24.4 Å². The van der Waals surface area contributed by atoms with E-state index in [1.807, 2.05) is 43.3 Å². The Bertz CT molecular complexity index is 837. The van der Waals surface area contributed by atoms with Crippen LogP contribution in [0, 0.1) is 12.8 Å². The summed E-state index contributed by atoms with van der Waals surface area (Å²) in [6, 6.07) is 11.9. The molecular weight excluding hydrogens is 288 g/mol. The third kappa shape index (κ3) is 3.08. The molecular formula is C18H20N4O. The number of hydrogen-bond donors (Lipinski definition) is 1. The quantitative estimate of drug-likeness (QED) is 0.805. The smallest absolute Gasteiger partial charge is 0.254 e. The fraction of sp³-hybridized carbons (Fsp3) is 0.278. The molecule has 0 saturated heterocycles. The number of nitrogens with zero attached hydrogens (tertiary/aromatic N) is 3. The Morgan fingerprint density at radius 2 is 2.00 bits per heavy atom. The lowest BCUT2D eigenvalue weighted by Crippen LogP contribution is -2.28. The van der Waals surface area contributed by atoms with Crippen molar-refractivity contribution in [3.05, 3.63) is 53.9 Å². The number of carbonyl (C=O) groups is 1. The molecule has 3 aromatic rings. The average molecular weight is 308 g/mol. The van der Waals surface area contributed by atoms with Crippen molar-refractivity contribution < 1.29 is 4.79 Å². The number of amides is 1. The Morgan fingerprint density at radius 1 is 1.26 bits per heavy atom. The van der Waals surface area contributed by atoms with Gasteiger partial charge in [-0.2, -0.15) is 5.10 Å². The van der Waals surface area contributed by atoms with E-state index in [4.69, 9.17) is 0 Å². The average Bonchev–Trinajstić information content (AvgIpc) is 2.99. The Hall–Kier alpha value is -2.69. The molecule has 118 valence electrons. The van der Waals surface area contributed by atoms with Crippen LogP contribution in [0.15, 0.2) is 42.6 Å². The lowest BCUT2D eigenvalue weighted by atomic mass is 10.2. The topological polar surface area (TPSA) is 59.3 Å². The zero-order valence-electron chi connectivity index (χ0n) is 13.6. The fourth-order valence-electron chi connectivity index (χ4n) is 2.41. The van der Waals surface area contributed by atoms with Gasteiger partial charge in [-0.05, 0) is 12.8 Å². The van der Waals surface area contributed by atoms with Gasteiger partial charge >= 0.3 is 0 Å². The molecule has 0 radical (unpaired) electrons. The zero-order chi connectivity index (χ0) is 16.4. The predicted molar refractivity (Wildman–Crippen MR) is 90.3 cm³/mol. The number of hydrogen-bond acceptors (Lipinski definition) is 3. The first-order valence-corrected chi connectivity index (χ1v) is 7.75. The van der Waals surface area contributed by atoms with Crippen LogP contribution in [0.2, 0.25) is 0 Å². The Kier molecular flexibility index (Phi) is 4.10. The summed E-state index contributed by atoms with van der Waals surface area (Å²) in [5.41, 5.74) is 3.96. The predicted octanol–water partition coefficient (Wildman–Crippen LogP) is 3.09. The molecule has 1 amide bonds. The third-order valence-electron chi connectivity index (χ3n) is 3.71. The van der Waals surface area contributed by atoms with E-state index in [0.29, 0.717) is 18.0 Å². The first-order chi connectivity index (χ1) is 11.1. The summed E-state index contributed by atoms with van der Waals surface area (Å²) in [6.45, 7) is 6.66. The Labute approximate surface area is 135 Å². The minimum Gasteiger partial charge on any atom is -0.352 e. The molecule has 1 N–H and O–H groups in total. The van der Waals surface area contributed by atoms with Crippen LogP contribution in [0.4, 0.5) is 0 Å². The number of nitrogens with one attached hydrogen (secondary N) is 1. The highest BCUT2D eigenvalue weighted by Gasteiger charge is 2.15. The van der Waals surface area contributed by atoms with Gasteiger partial charge in [0.2, 0.25) is 0 Å². The van der Waals surface area contributed by atoms with Crippen molar-refractivity contribution in [1.82, 2.24) is 19.9 Å². The van der Waals surface area contributed by atoms with Crippen molar-refractivity contribution in [2.75, 3.05) is 6.54 Å². The molecule has 5 heteroatoms. The molecule has 0 aliphatic carbocycles. The van der Waals surface area contributed by atoms with Crippen LogP contribution in [-0.4, -0.2) is 27.0 Å². The maximum atomic E-state index is 12.3. The molecule has 2 aromatic heterocycles. The molecule has 0 spiro atoms. The molecule has 1 aromatic carbocycles. The van der Waals surface area contributed by atoms with Crippen LogP contribution in [0.25, 0.3) is 16.9 Å². The van der Waals surface area contributed by atoms with Gasteiger partial charge in [0.25, 0.3) is 5.91 Å². The number of aryl methyl sites for hydroxylation is 1. The van der Waals surface area contributed by atoms with Gasteiger partial charge in [-0.25, -0.2) is 9.50 Å². The molecule has 0 fully saturated rings. The van der Waals surface area contributed by atoms with E-state index >= 15 is 0 Å². The normalized spacial score (nSPS) is 11.1. The van der Waals surface area contributed by atoms with E-state index in [9.17, 15) is 4.79 Å². The molecule has 5 nitrogen and oxygen atoms in total. The van der Waals surface area contributed by atoms with Crippen molar-refractivity contribution >= 4 is 11.6 Å². The fourth-order valence-corrected chi connectivity index (χ4v) is 2.41. The van der Waals surface area contributed by atoms with E-state index in [-0.39, 0.29) is 5.91 Å².